The van der Waals surface area contributed by atoms with Crippen LogP contribution in [0.4, 0.5) is 0 Å². The molecule has 5 heteroatoms. The molecule has 88 valence electrons. The van der Waals surface area contributed by atoms with Crippen LogP contribution >= 0.6 is 0 Å². The molecule has 1 aromatic heterocycles. The topological polar surface area (TPSA) is 58.4 Å². The van der Waals surface area contributed by atoms with Crippen molar-refractivity contribution in [1.29, 1.82) is 0 Å². The monoisotopic (exact) mass is 223 g/mol. The third kappa shape index (κ3) is 1.95. The first kappa shape index (κ1) is 11.1. The normalized spacial score (nSPS) is 19.4. The minimum absolute atomic E-state index is 0.412. The Bertz CT molecular complexity index is 382. The van der Waals surface area contributed by atoms with Crippen molar-refractivity contribution in [3.05, 3.63) is 18.0 Å². The number of carbonyl (C=O) groups is 1. The molecule has 1 fully saturated rings. The van der Waals surface area contributed by atoms with E-state index in [1.807, 2.05) is 10.9 Å². The number of carboxylic acids is 1. The Labute approximate surface area is 94.7 Å². The maximum Gasteiger partial charge on any atom is 0.310 e. The summed E-state index contributed by atoms with van der Waals surface area (Å²) in [5.41, 5.74) is 0.780. The second-order valence-electron chi connectivity index (χ2n) is 4.32. The average molecular weight is 223 g/mol. The van der Waals surface area contributed by atoms with Crippen molar-refractivity contribution >= 4 is 5.97 Å². The van der Waals surface area contributed by atoms with Crippen molar-refractivity contribution in [3.8, 4) is 0 Å². The van der Waals surface area contributed by atoms with Crippen molar-refractivity contribution in [1.82, 2.24) is 14.7 Å². The van der Waals surface area contributed by atoms with Gasteiger partial charge in [0.15, 0.2) is 0 Å². The second-order valence-corrected chi connectivity index (χ2v) is 4.32. The first-order chi connectivity index (χ1) is 7.61. The van der Waals surface area contributed by atoms with Gasteiger partial charge in [0.1, 0.15) is 0 Å². The standard InChI is InChI=1S/C11H17N3O2/c1-3-13-6-10(7-13)14-5-9(4-12-14)8(2)11(15)16/h4-5,8,10H,3,6-7H2,1-2H3,(H,15,16). The highest BCUT2D eigenvalue weighted by Crippen LogP contribution is 2.22. The van der Waals surface area contributed by atoms with Gasteiger partial charge >= 0.3 is 5.97 Å². The Morgan fingerprint density at radius 2 is 2.38 bits per heavy atom. The quantitative estimate of drug-likeness (QED) is 0.825. The molecule has 1 aliphatic rings. The van der Waals surface area contributed by atoms with Gasteiger partial charge in [0.05, 0.1) is 18.2 Å². The number of nitrogens with zero attached hydrogens (tertiary/aromatic N) is 3. The van der Waals surface area contributed by atoms with Crippen LogP contribution in [0.2, 0.25) is 0 Å². The highest BCUT2D eigenvalue weighted by molar-refractivity contribution is 5.75. The lowest BCUT2D eigenvalue weighted by Gasteiger charge is -2.38. The summed E-state index contributed by atoms with van der Waals surface area (Å²) in [6.07, 6.45) is 3.52. The largest absolute Gasteiger partial charge is 0.481 e. The highest BCUT2D eigenvalue weighted by atomic mass is 16.4. The molecule has 16 heavy (non-hydrogen) atoms. The second kappa shape index (κ2) is 4.25. The van der Waals surface area contributed by atoms with Crippen LogP contribution in [0, 0.1) is 0 Å². The van der Waals surface area contributed by atoms with E-state index < -0.39 is 11.9 Å². The zero-order valence-electron chi connectivity index (χ0n) is 9.63. The molecule has 5 nitrogen and oxygen atoms in total. The first-order valence-electron chi connectivity index (χ1n) is 5.61. The molecule has 1 aromatic rings. The van der Waals surface area contributed by atoms with Crippen LogP contribution in [0.25, 0.3) is 0 Å². The van der Waals surface area contributed by atoms with Crippen LogP contribution in [0.3, 0.4) is 0 Å². The van der Waals surface area contributed by atoms with E-state index >= 15 is 0 Å². The Hall–Kier alpha value is -1.36. The van der Waals surface area contributed by atoms with Crippen molar-refractivity contribution in [2.75, 3.05) is 19.6 Å². The van der Waals surface area contributed by atoms with E-state index in [-0.39, 0.29) is 0 Å². The number of hydrogen-bond donors (Lipinski definition) is 1. The van der Waals surface area contributed by atoms with Gasteiger partial charge in [0.25, 0.3) is 0 Å². The Balaban J connectivity index is 2.01. The molecule has 1 aliphatic heterocycles. The molecule has 1 atom stereocenters. The van der Waals surface area contributed by atoms with Gasteiger partial charge in [-0.2, -0.15) is 5.10 Å². The zero-order valence-corrected chi connectivity index (χ0v) is 9.63. The number of carboxylic acid groups (broad SMARTS) is 1. The predicted molar refractivity (Wildman–Crippen MR) is 59.4 cm³/mol. The molecule has 1 unspecified atom stereocenters. The van der Waals surface area contributed by atoms with Gasteiger partial charge in [-0.15, -0.1) is 0 Å². The SMILES string of the molecule is CCN1CC(n2cc(C(C)C(=O)O)cn2)C1. The zero-order chi connectivity index (χ0) is 11.7. The summed E-state index contributed by atoms with van der Waals surface area (Å²) >= 11 is 0. The third-order valence-electron chi connectivity index (χ3n) is 3.25. The smallest absolute Gasteiger partial charge is 0.310 e. The predicted octanol–water partition coefficient (Wildman–Crippen LogP) is 0.948. The molecule has 2 rings (SSSR count). The number of likely N-dealkylation sites (tertiary alicyclic amines) is 1. The van der Waals surface area contributed by atoms with Crippen LogP contribution in [0.1, 0.15) is 31.4 Å². The van der Waals surface area contributed by atoms with E-state index in [9.17, 15) is 4.79 Å². The molecule has 0 aromatic carbocycles. The molecule has 1 saturated heterocycles. The van der Waals surface area contributed by atoms with Gasteiger partial charge in [-0.3, -0.25) is 14.4 Å². The maximum absolute atomic E-state index is 10.8. The molecular formula is C11H17N3O2. The van der Waals surface area contributed by atoms with Gasteiger partial charge in [-0.05, 0) is 13.5 Å². The number of aliphatic carboxylic acids is 1. The lowest BCUT2D eigenvalue weighted by atomic mass is 10.1. The van der Waals surface area contributed by atoms with E-state index in [4.69, 9.17) is 5.11 Å². The Kier molecular flexibility index (Phi) is 2.96. The fraction of sp³-hybridized carbons (Fsp3) is 0.636. The molecule has 0 radical (unpaired) electrons. The van der Waals surface area contributed by atoms with Crippen LogP contribution in [0.15, 0.2) is 12.4 Å². The summed E-state index contributed by atoms with van der Waals surface area (Å²) in [5.74, 6) is -1.28. The minimum atomic E-state index is -0.802. The summed E-state index contributed by atoms with van der Waals surface area (Å²) < 4.78 is 1.89. The number of aromatic nitrogens is 2. The van der Waals surface area contributed by atoms with E-state index in [0.717, 1.165) is 25.2 Å². The van der Waals surface area contributed by atoms with E-state index in [1.54, 1.807) is 13.1 Å². The van der Waals surface area contributed by atoms with Crippen molar-refractivity contribution in [3.63, 3.8) is 0 Å². The number of likely N-dealkylation sites (N-methyl/N-ethyl adjacent to an activating group) is 1. The lowest BCUT2D eigenvalue weighted by Crippen LogP contribution is -2.47. The van der Waals surface area contributed by atoms with E-state index in [0.29, 0.717) is 6.04 Å². The Morgan fingerprint density at radius 3 is 2.94 bits per heavy atom. The van der Waals surface area contributed by atoms with E-state index in [1.165, 1.54) is 0 Å². The first-order valence-corrected chi connectivity index (χ1v) is 5.61. The van der Waals surface area contributed by atoms with E-state index in [2.05, 4.69) is 16.9 Å². The van der Waals surface area contributed by atoms with Crippen molar-refractivity contribution < 1.29 is 9.90 Å². The van der Waals surface area contributed by atoms with Crippen LogP contribution in [-0.2, 0) is 4.79 Å². The molecule has 0 saturated carbocycles. The number of hydrogen-bond acceptors (Lipinski definition) is 3. The molecular weight excluding hydrogens is 206 g/mol. The van der Waals surface area contributed by atoms with Gasteiger partial charge < -0.3 is 5.11 Å². The van der Waals surface area contributed by atoms with Gasteiger partial charge in [0, 0.05) is 24.8 Å². The fourth-order valence-electron chi connectivity index (χ4n) is 1.89. The van der Waals surface area contributed by atoms with Crippen molar-refractivity contribution in [2.24, 2.45) is 0 Å². The van der Waals surface area contributed by atoms with Crippen molar-refractivity contribution in [2.45, 2.75) is 25.8 Å². The van der Waals surface area contributed by atoms with Gasteiger partial charge in [0.2, 0.25) is 0 Å². The molecule has 0 aliphatic carbocycles. The maximum atomic E-state index is 10.8. The fourth-order valence-corrected chi connectivity index (χ4v) is 1.89. The third-order valence-corrected chi connectivity index (χ3v) is 3.25. The molecule has 2 heterocycles. The van der Waals surface area contributed by atoms with Gasteiger partial charge in [-0.1, -0.05) is 6.92 Å². The molecule has 0 bridgehead atoms. The highest BCUT2D eigenvalue weighted by Gasteiger charge is 2.28. The van der Waals surface area contributed by atoms with Crippen LogP contribution in [-0.4, -0.2) is 45.4 Å². The summed E-state index contributed by atoms with van der Waals surface area (Å²) in [4.78, 5) is 13.1. The lowest BCUT2D eigenvalue weighted by molar-refractivity contribution is -0.138. The summed E-state index contributed by atoms with van der Waals surface area (Å²) in [6.45, 7) is 6.91. The van der Waals surface area contributed by atoms with Gasteiger partial charge in [-0.25, -0.2) is 0 Å². The number of rotatable bonds is 4. The molecule has 0 amide bonds. The Morgan fingerprint density at radius 1 is 1.69 bits per heavy atom. The van der Waals surface area contributed by atoms with Crippen LogP contribution < -0.4 is 0 Å². The summed E-state index contributed by atoms with van der Waals surface area (Å²) in [6, 6.07) is 0.412. The van der Waals surface area contributed by atoms with Crippen LogP contribution in [0.5, 0.6) is 0 Å². The summed E-state index contributed by atoms with van der Waals surface area (Å²) in [5, 5.41) is 13.1. The summed E-state index contributed by atoms with van der Waals surface area (Å²) in [7, 11) is 0. The molecule has 0 spiro atoms. The average Bonchev–Trinajstić information content (AvgIpc) is 2.64. The molecule has 1 N–H and O–H groups in total. The minimum Gasteiger partial charge on any atom is -0.481 e.